The summed E-state index contributed by atoms with van der Waals surface area (Å²) in [6, 6.07) is 15.1. The number of hydrogen-bond acceptors (Lipinski definition) is 4. The highest BCUT2D eigenvalue weighted by atomic mass is 35.5. The average molecular weight is 462 g/mol. The molecule has 0 bridgehead atoms. The van der Waals surface area contributed by atoms with Crippen molar-refractivity contribution in [2.24, 2.45) is 7.05 Å². The summed E-state index contributed by atoms with van der Waals surface area (Å²) >= 11 is 13.3. The Morgan fingerprint density at radius 2 is 1.91 bits per heavy atom. The van der Waals surface area contributed by atoms with Crippen LogP contribution in [0.4, 0.5) is 0 Å². The number of carbonyl (C=O) groups is 1. The number of benzene rings is 2. The molecule has 158 valence electrons. The smallest absolute Gasteiger partial charge is 0.211 e. The highest BCUT2D eigenvalue weighted by Crippen LogP contribution is 2.33. The Kier molecular flexibility index (Phi) is 5.25. The number of ketones is 1. The van der Waals surface area contributed by atoms with Gasteiger partial charge in [-0.15, -0.1) is 0 Å². The van der Waals surface area contributed by atoms with Crippen molar-refractivity contribution in [1.82, 2.24) is 24.3 Å². The van der Waals surface area contributed by atoms with Crippen LogP contribution in [-0.2, 0) is 13.5 Å². The Morgan fingerprint density at radius 3 is 2.59 bits per heavy atom. The van der Waals surface area contributed by atoms with E-state index in [4.69, 9.17) is 23.2 Å². The summed E-state index contributed by atoms with van der Waals surface area (Å²) in [6.45, 7) is 0. The van der Waals surface area contributed by atoms with Gasteiger partial charge in [0.05, 0.1) is 28.8 Å². The Hall–Kier alpha value is -3.48. The van der Waals surface area contributed by atoms with E-state index in [9.17, 15) is 4.79 Å². The molecule has 0 radical (unpaired) electrons. The minimum Gasteiger partial charge on any atom is -0.331 e. The summed E-state index contributed by atoms with van der Waals surface area (Å²) in [7, 11) is 1.78. The van der Waals surface area contributed by atoms with Crippen molar-refractivity contribution >= 4 is 39.9 Å². The molecule has 8 heteroatoms. The Labute approximate surface area is 194 Å². The van der Waals surface area contributed by atoms with Gasteiger partial charge in [0.1, 0.15) is 10.8 Å². The summed E-state index contributed by atoms with van der Waals surface area (Å²) in [5.74, 6) is -0.131. The molecule has 0 spiro atoms. The molecule has 0 aliphatic heterocycles. The van der Waals surface area contributed by atoms with Gasteiger partial charge in [0.25, 0.3) is 0 Å². The average Bonchev–Trinajstić information content (AvgIpc) is 3.48. The first-order chi connectivity index (χ1) is 15.5. The molecule has 3 aromatic heterocycles. The van der Waals surface area contributed by atoms with E-state index in [2.05, 4.69) is 15.1 Å². The van der Waals surface area contributed by atoms with E-state index in [0.717, 1.165) is 16.8 Å². The lowest BCUT2D eigenvalue weighted by Crippen LogP contribution is -2.07. The third kappa shape index (κ3) is 3.68. The van der Waals surface area contributed by atoms with Crippen LogP contribution in [0.25, 0.3) is 16.6 Å². The lowest BCUT2D eigenvalue weighted by Gasteiger charge is -2.12. The monoisotopic (exact) mass is 461 g/mol. The molecule has 2 aromatic carbocycles. The highest BCUT2D eigenvalue weighted by molar-refractivity contribution is 6.39. The highest BCUT2D eigenvalue weighted by Gasteiger charge is 2.17. The Bertz CT molecular complexity index is 1440. The first-order valence-corrected chi connectivity index (χ1v) is 10.6. The number of fused-ring (bicyclic) bond motifs is 1. The maximum absolute atomic E-state index is 12.9. The van der Waals surface area contributed by atoms with Crippen LogP contribution in [0, 0.1) is 0 Å². The van der Waals surface area contributed by atoms with Gasteiger partial charge in [-0.05, 0) is 42.0 Å². The van der Waals surface area contributed by atoms with Gasteiger partial charge in [-0.3, -0.25) is 4.79 Å². The van der Waals surface area contributed by atoms with Crippen LogP contribution in [0.3, 0.4) is 0 Å². The number of rotatable bonds is 5. The van der Waals surface area contributed by atoms with Crippen LogP contribution in [-0.4, -0.2) is 30.1 Å². The van der Waals surface area contributed by atoms with Crippen LogP contribution >= 0.6 is 23.2 Å². The van der Waals surface area contributed by atoms with Gasteiger partial charge < -0.3 is 4.57 Å². The van der Waals surface area contributed by atoms with Crippen molar-refractivity contribution in [1.29, 1.82) is 0 Å². The summed E-state index contributed by atoms with van der Waals surface area (Å²) in [5.41, 5.74) is 4.37. The molecule has 6 nitrogen and oxygen atoms in total. The summed E-state index contributed by atoms with van der Waals surface area (Å²) < 4.78 is 3.48. The van der Waals surface area contributed by atoms with Crippen LogP contribution in [0.5, 0.6) is 0 Å². The predicted molar refractivity (Wildman–Crippen MR) is 125 cm³/mol. The molecule has 0 fully saturated rings. The van der Waals surface area contributed by atoms with Crippen LogP contribution < -0.4 is 0 Å². The van der Waals surface area contributed by atoms with Crippen molar-refractivity contribution in [3.63, 3.8) is 0 Å². The lowest BCUT2D eigenvalue weighted by molar-refractivity contribution is 0.103. The first-order valence-electron chi connectivity index (χ1n) is 9.89. The molecule has 0 aliphatic carbocycles. The fourth-order valence-electron chi connectivity index (χ4n) is 3.64. The van der Waals surface area contributed by atoms with Crippen molar-refractivity contribution in [3.8, 4) is 5.69 Å². The van der Waals surface area contributed by atoms with E-state index < -0.39 is 0 Å². The van der Waals surface area contributed by atoms with Gasteiger partial charge in [-0.2, -0.15) is 5.10 Å². The molecular formula is C24H17Cl2N5O. The van der Waals surface area contributed by atoms with E-state index in [-0.39, 0.29) is 5.78 Å². The quantitative estimate of drug-likeness (QED) is 0.263. The summed E-state index contributed by atoms with van der Waals surface area (Å²) in [6.07, 6.45) is 7.28. The zero-order valence-corrected chi connectivity index (χ0v) is 18.5. The zero-order chi connectivity index (χ0) is 22.2. The predicted octanol–water partition coefficient (Wildman–Crippen LogP) is 5.28. The van der Waals surface area contributed by atoms with Gasteiger partial charge in [0, 0.05) is 42.4 Å². The van der Waals surface area contributed by atoms with E-state index in [1.54, 1.807) is 53.2 Å². The first kappa shape index (κ1) is 20.4. The number of aromatic nitrogens is 5. The Balaban J connectivity index is 1.50. The molecule has 32 heavy (non-hydrogen) atoms. The summed E-state index contributed by atoms with van der Waals surface area (Å²) in [4.78, 5) is 21.4. The number of halogens is 2. The summed E-state index contributed by atoms with van der Waals surface area (Å²) in [5, 5.41) is 5.77. The molecule has 0 saturated heterocycles. The lowest BCUT2D eigenvalue weighted by atomic mass is 10.0. The van der Waals surface area contributed by atoms with E-state index >= 15 is 0 Å². The molecule has 0 unspecified atom stereocenters. The van der Waals surface area contributed by atoms with Gasteiger partial charge in [0.15, 0.2) is 0 Å². The number of pyridine rings is 1. The number of imidazole rings is 1. The maximum Gasteiger partial charge on any atom is 0.211 e. The second kappa shape index (κ2) is 8.22. The maximum atomic E-state index is 12.9. The van der Waals surface area contributed by atoms with E-state index in [1.165, 1.54) is 0 Å². The largest absolute Gasteiger partial charge is 0.331 e. The molecule has 0 amide bonds. The molecule has 0 aliphatic rings. The van der Waals surface area contributed by atoms with Gasteiger partial charge >= 0.3 is 0 Å². The SMILES string of the molecule is Cn1cncc1C(=O)c1ccc2nc(Cl)c(Cc3ccc(-n4cccn4)cc3)c(Cl)c2c1. The van der Waals surface area contributed by atoms with Gasteiger partial charge in [-0.25, -0.2) is 14.6 Å². The second-order valence-corrected chi connectivity index (χ2v) is 8.18. The van der Waals surface area contributed by atoms with Gasteiger partial charge in [-0.1, -0.05) is 35.3 Å². The van der Waals surface area contributed by atoms with Crippen molar-refractivity contribution in [2.75, 3.05) is 0 Å². The number of hydrogen-bond donors (Lipinski definition) is 0. The standard InChI is InChI=1S/C24H17Cl2N5O/c1-30-14-27-13-21(30)23(32)16-5-8-20-18(12-16)22(25)19(24(26)29-20)11-15-3-6-17(7-4-15)31-10-2-9-28-31/h2-10,12-14H,11H2,1H3. The van der Waals surface area contributed by atoms with Crippen molar-refractivity contribution in [2.45, 2.75) is 6.42 Å². The van der Waals surface area contributed by atoms with E-state index in [0.29, 0.717) is 38.8 Å². The minimum absolute atomic E-state index is 0.131. The van der Waals surface area contributed by atoms with Crippen LogP contribution in [0.1, 0.15) is 27.2 Å². The zero-order valence-electron chi connectivity index (χ0n) is 17.0. The number of aryl methyl sites for hydroxylation is 1. The van der Waals surface area contributed by atoms with Crippen molar-refractivity contribution < 1.29 is 4.79 Å². The second-order valence-electron chi connectivity index (χ2n) is 7.44. The third-order valence-corrected chi connectivity index (χ3v) is 6.11. The van der Waals surface area contributed by atoms with Crippen LogP contribution in [0.2, 0.25) is 10.2 Å². The molecule has 0 atom stereocenters. The van der Waals surface area contributed by atoms with Crippen LogP contribution in [0.15, 0.2) is 73.4 Å². The third-order valence-electron chi connectivity index (χ3n) is 5.36. The van der Waals surface area contributed by atoms with E-state index in [1.807, 2.05) is 36.5 Å². The molecule has 0 saturated carbocycles. The molecular weight excluding hydrogens is 445 g/mol. The molecule has 5 aromatic rings. The number of nitrogens with zero attached hydrogens (tertiary/aromatic N) is 5. The molecule has 5 rings (SSSR count). The topological polar surface area (TPSA) is 65.6 Å². The minimum atomic E-state index is -0.131. The molecule has 0 N–H and O–H groups in total. The molecule has 3 heterocycles. The van der Waals surface area contributed by atoms with Crippen molar-refractivity contribution in [3.05, 3.63) is 106 Å². The fourth-order valence-corrected chi connectivity index (χ4v) is 4.25. The van der Waals surface area contributed by atoms with Gasteiger partial charge in [0.2, 0.25) is 5.78 Å². The Morgan fingerprint density at radius 1 is 1.09 bits per heavy atom. The fraction of sp³-hybridized carbons (Fsp3) is 0.0833. The normalized spacial score (nSPS) is 11.2. The number of carbonyl (C=O) groups excluding carboxylic acids is 1.